The van der Waals surface area contributed by atoms with Crippen molar-refractivity contribution in [2.75, 3.05) is 6.61 Å². The Hall–Kier alpha value is -3.08. The summed E-state index contributed by atoms with van der Waals surface area (Å²) in [5.74, 6) is -0.422. The van der Waals surface area contributed by atoms with Gasteiger partial charge < -0.3 is 15.0 Å². The fraction of sp³-hybridized carbons (Fsp3) is 0.304. The van der Waals surface area contributed by atoms with Crippen LogP contribution in [-0.2, 0) is 16.0 Å². The van der Waals surface area contributed by atoms with Crippen LogP contribution in [0.25, 0.3) is 10.9 Å². The summed E-state index contributed by atoms with van der Waals surface area (Å²) in [5, 5.41) is 4.06. The molecule has 0 fully saturated rings. The fourth-order valence-corrected chi connectivity index (χ4v) is 3.52. The van der Waals surface area contributed by atoms with E-state index in [0.717, 1.165) is 33.3 Å². The molecule has 0 spiro atoms. The van der Waals surface area contributed by atoms with Gasteiger partial charge in [0.1, 0.15) is 0 Å². The first-order valence-electron chi connectivity index (χ1n) is 9.54. The highest BCUT2D eigenvalue weighted by Crippen LogP contribution is 2.31. The van der Waals surface area contributed by atoms with Gasteiger partial charge >= 0.3 is 5.97 Å². The number of rotatable bonds is 6. The standard InChI is InChI=1S/C23H26N2O3/c1-5-28-20(26)13-18-21-15(3)14(2)11-12-19(21)25-22(18)16(4)24-23(27)17-9-7-6-8-10-17/h6-12,16,25H,5,13H2,1-4H3,(H,24,27). The molecule has 5 heteroatoms. The van der Waals surface area contributed by atoms with Gasteiger partial charge in [0.25, 0.3) is 5.91 Å². The maximum absolute atomic E-state index is 12.6. The molecule has 0 bridgehead atoms. The van der Waals surface area contributed by atoms with Crippen molar-refractivity contribution in [1.29, 1.82) is 0 Å². The average Bonchev–Trinajstić information content (AvgIpc) is 3.04. The fourth-order valence-electron chi connectivity index (χ4n) is 3.52. The first-order valence-corrected chi connectivity index (χ1v) is 9.54. The predicted molar refractivity (Wildman–Crippen MR) is 110 cm³/mol. The van der Waals surface area contributed by atoms with Gasteiger partial charge in [-0.05, 0) is 62.6 Å². The van der Waals surface area contributed by atoms with Gasteiger partial charge in [0.2, 0.25) is 0 Å². The summed E-state index contributed by atoms with van der Waals surface area (Å²) in [6.07, 6.45) is 0.166. The molecule has 28 heavy (non-hydrogen) atoms. The number of fused-ring (bicyclic) bond motifs is 1. The minimum atomic E-state index is -0.288. The zero-order chi connectivity index (χ0) is 20.3. The molecule has 0 aliphatic carbocycles. The average molecular weight is 378 g/mol. The SMILES string of the molecule is CCOC(=O)Cc1c(C(C)NC(=O)c2ccccc2)[nH]c2ccc(C)c(C)c12. The molecule has 0 saturated carbocycles. The number of benzene rings is 2. The molecule has 3 aromatic rings. The van der Waals surface area contributed by atoms with Crippen LogP contribution in [0, 0.1) is 13.8 Å². The Morgan fingerprint density at radius 2 is 1.82 bits per heavy atom. The van der Waals surface area contributed by atoms with Gasteiger partial charge in [-0.1, -0.05) is 24.3 Å². The number of nitrogens with one attached hydrogen (secondary N) is 2. The molecular weight excluding hydrogens is 352 g/mol. The molecule has 1 atom stereocenters. The van der Waals surface area contributed by atoms with Crippen LogP contribution in [0.2, 0.25) is 0 Å². The molecular formula is C23H26N2O3. The summed E-state index contributed by atoms with van der Waals surface area (Å²) in [7, 11) is 0. The van der Waals surface area contributed by atoms with Crippen molar-refractivity contribution in [3.63, 3.8) is 0 Å². The van der Waals surface area contributed by atoms with Crippen molar-refractivity contribution in [2.45, 2.75) is 40.2 Å². The molecule has 1 aromatic heterocycles. The van der Waals surface area contributed by atoms with Crippen molar-refractivity contribution in [3.8, 4) is 0 Å². The normalized spacial score (nSPS) is 12.0. The molecule has 0 saturated heterocycles. The number of aryl methyl sites for hydroxylation is 2. The molecule has 0 aliphatic heterocycles. The molecule has 0 aliphatic rings. The second kappa shape index (κ2) is 8.30. The molecule has 2 aromatic carbocycles. The Morgan fingerprint density at radius 1 is 1.11 bits per heavy atom. The monoisotopic (exact) mass is 378 g/mol. The van der Waals surface area contributed by atoms with E-state index in [9.17, 15) is 9.59 Å². The van der Waals surface area contributed by atoms with Crippen LogP contribution in [-0.4, -0.2) is 23.5 Å². The van der Waals surface area contributed by atoms with E-state index in [1.807, 2.05) is 31.2 Å². The number of aromatic nitrogens is 1. The third kappa shape index (κ3) is 3.93. The molecule has 1 amide bonds. The van der Waals surface area contributed by atoms with Gasteiger partial charge in [0, 0.05) is 22.2 Å². The molecule has 0 radical (unpaired) electrons. The zero-order valence-electron chi connectivity index (χ0n) is 16.8. The van der Waals surface area contributed by atoms with Gasteiger partial charge in [0.15, 0.2) is 0 Å². The lowest BCUT2D eigenvalue weighted by atomic mass is 9.98. The lowest BCUT2D eigenvalue weighted by Crippen LogP contribution is -2.27. The zero-order valence-corrected chi connectivity index (χ0v) is 16.8. The van der Waals surface area contributed by atoms with Gasteiger partial charge in [0.05, 0.1) is 19.1 Å². The number of hydrogen-bond donors (Lipinski definition) is 2. The summed E-state index contributed by atoms with van der Waals surface area (Å²) in [4.78, 5) is 28.2. The number of aromatic amines is 1. The lowest BCUT2D eigenvalue weighted by molar-refractivity contribution is -0.142. The molecule has 1 unspecified atom stereocenters. The maximum atomic E-state index is 12.6. The Bertz CT molecular complexity index is 1010. The minimum absolute atomic E-state index is 0.151. The van der Waals surface area contributed by atoms with Gasteiger partial charge in [-0.25, -0.2) is 0 Å². The number of carbonyl (C=O) groups is 2. The van der Waals surface area contributed by atoms with Gasteiger partial charge in [-0.15, -0.1) is 0 Å². The van der Waals surface area contributed by atoms with E-state index in [1.165, 1.54) is 0 Å². The van der Waals surface area contributed by atoms with E-state index in [4.69, 9.17) is 4.74 Å². The third-order valence-corrected chi connectivity index (χ3v) is 5.08. The molecule has 5 nitrogen and oxygen atoms in total. The Kier molecular flexibility index (Phi) is 5.83. The summed E-state index contributed by atoms with van der Waals surface area (Å²) in [6.45, 7) is 8.16. The Labute approximate surface area is 165 Å². The Balaban J connectivity index is 2.00. The number of hydrogen-bond acceptors (Lipinski definition) is 3. The number of esters is 1. The number of carbonyl (C=O) groups excluding carboxylic acids is 2. The van der Waals surface area contributed by atoms with Crippen molar-refractivity contribution in [1.82, 2.24) is 10.3 Å². The van der Waals surface area contributed by atoms with Crippen molar-refractivity contribution in [2.24, 2.45) is 0 Å². The summed E-state index contributed by atoms with van der Waals surface area (Å²) >= 11 is 0. The molecule has 146 valence electrons. The minimum Gasteiger partial charge on any atom is -0.466 e. The van der Waals surface area contributed by atoms with E-state index in [1.54, 1.807) is 19.1 Å². The van der Waals surface area contributed by atoms with Crippen molar-refractivity contribution < 1.29 is 14.3 Å². The number of ether oxygens (including phenoxy) is 1. The van der Waals surface area contributed by atoms with E-state index in [-0.39, 0.29) is 24.3 Å². The summed E-state index contributed by atoms with van der Waals surface area (Å²) in [6, 6.07) is 12.9. The molecule has 3 rings (SSSR count). The first-order chi connectivity index (χ1) is 13.4. The van der Waals surface area contributed by atoms with Crippen molar-refractivity contribution >= 4 is 22.8 Å². The van der Waals surface area contributed by atoms with Crippen LogP contribution in [0.3, 0.4) is 0 Å². The van der Waals surface area contributed by atoms with Crippen LogP contribution in [0.4, 0.5) is 0 Å². The van der Waals surface area contributed by atoms with Crippen LogP contribution >= 0.6 is 0 Å². The molecule has 1 heterocycles. The van der Waals surface area contributed by atoms with Crippen molar-refractivity contribution in [3.05, 3.63) is 70.4 Å². The van der Waals surface area contributed by atoms with E-state index in [2.05, 4.69) is 30.2 Å². The van der Waals surface area contributed by atoms with E-state index < -0.39 is 0 Å². The summed E-state index contributed by atoms with van der Waals surface area (Å²) < 4.78 is 5.18. The second-order valence-corrected chi connectivity index (χ2v) is 6.99. The second-order valence-electron chi connectivity index (χ2n) is 6.99. The van der Waals surface area contributed by atoms with Crippen LogP contribution in [0.5, 0.6) is 0 Å². The third-order valence-electron chi connectivity index (χ3n) is 5.08. The maximum Gasteiger partial charge on any atom is 0.310 e. The van der Waals surface area contributed by atoms with Crippen LogP contribution in [0.1, 0.15) is 52.6 Å². The number of amides is 1. The largest absolute Gasteiger partial charge is 0.466 e. The van der Waals surface area contributed by atoms with Gasteiger partial charge in [-0.3, -0.25) is 9.59 Å². The topological polar surface area (TPSA) is 71.2 Å². The lowest BCUT2D eigenvalue weighted by Gasteiger charge is -2.15. The highest BCUT2D eigenvalue weighted by atomic mass is 16.5. The van der Waals surface area contributed by atoms with E-state index >= 15 is 0 Å². The highest BCUT2D eigenvalue weighted by molar-refractivity contribution is 5.95. The summed E-state index contributed by atoms with van der Waals surface area (Å²) in [5.41, 5.74) is 5.56. The Morgan fingerprint density at radius 3 is 2.50 bits per heavy atom. The van der Waals surface area contributed by atoms with Gasteiger partial charge in [-0.2, -0.15) is 0 Å². The quantitative estimate of drug-likeness (QED) is 0.625. The predicted octanol–water partition coefficient (Wildman–Crippen LogP) is 4.38. The first kappa shape index (κ1) is 19.7. The van der Waals surface area contributed by atoms with Crippen LogP contribution in [0.15, 0.2) is 42.5 Å². The number of H-pyrrole nitrogens is 1. The smallest absolute Gasteiger partial charge is 0.310 e. The molecule has 2 N–H and O–H groups in total. The van der Waals surface area contributed by atoms with E-state index in [0.29, 0.717) is 12.2 Å². The highest BCUT2D eigenvalue weighted by Gasteiger charge is 2.22. The van der Waals surface area contributed by atoms with Crippen LogP contribution < -0.4 is 5.32 Å².